The number of hydrogen-bond donors (Lipinski definition) is 0. The number of thiophene rings is 1. The summed E-state index contributed by atoms with van der Waals surface area (Å²) in [5.41, 5.74) is 0.375. The summed E-state index contributed by atoms with van der Waals surface area (Å²) in [6.07, 6.45) is 1.61. The lowest BCUT2D eigenvalue weighted by Gasteiger charge is -2.09. The second-order valence-corrected chi connectivity index (χ2v) is 5.35. The van der Waals surface area contributed by atoms with Gasteiger partial charge in [0.25, 0.3) is 0 Å². The Hall–Kier alpha value is -1.29. The van der Waals surface area contributed by atoms with Gasteiger partial charge in [-0.2, -0.15) is 0 Å². The fourth-order valence-electron chi connectivity index (χ4n) is 1.51. The van der Waals surface area contributed by atoms with Gasteiger partial charge in [0.05, 0.1) is 9.90 Å². The van der Waals surface area contributed by atoms with Crippen molar-refractivity contribution < 1.29 is 9.53 Å². The van der Waals surface area contributed by atoms with Gasteiger partial charge in [0.1, 0.15) is 17.4 Å². The summed E-state index contributed by atoms with van der Waals surface area (Å²) in [5, 5.41) is 2.29. The molecule has 0 N–H and O–H groups in total. The zero-order chi connectivity index (χ0) is 13.8. The average molecular weight is 313 g/mol. The highest BCUT2D eigenvalue weighted by Gasteiger charge is 2.18. The molecule has 0 aliphatic rings. The van der Waals surface area contributed by atoms with E-state index in [4.69, 9.17) is 27.9 Å². The van der Waals surface area contributed by atoms with Gasteiger partial charge >= 0.3 is 0 Å². The van der Waals surface area contributed by atoms with Crippen LogP contribution in [0.15, 0.2) is 42.3 Å². The molecule has 1 heterocycles. The number of benzene rings is 1. The van der Waals surface area contributed by atoms with Crippen LogP contribution in [0.25, 0.3) is 0 Å². The van der Waals surface area contributed by atoms with E-state index in [1.807, 2.05) is 11.4 Å². The Bertz CT molecular complexity index is 606. The fourth-order valence-corrected chi connectivity index (χ4v) is 2.65. The van der Waals surface area contributed by atoms with E-state index in [9.17, 15) is 4.79 Å². The number of carbonyl (C=O) groups is 1. The van der Waals surface area contributed by atoms with Crippen LogP contribution in [0.2, 0.25) is 10.0 Å². The van der Waals surface area contributed by atoms with Crippen molar-refractivity contribution in [1.29, 1.82) is 0 Å². The van der Waals surface area contributed by atoms with Crippen LogP contribution in [0.1, 0.15) is 15.2 Å². The van der Waals surface area contributed by atoms with Crippen molar-refractivity contribution >= 4 is 40.3 Å². The molecule has 1 aromatic carbocycles. The molecule has 0 radical (unpaired) electrons. The third kappa shape index (κ3) is 3.00. The third-order valence-electron chi connectivity index (χ3n) is 2.39. The summed E-state index contributed by atoms with van der Waals surface area (Å²) < 4.78 is 5.35. The molecular formula is C14H10Cl2O2S. The number of rotatable bonds is 5. The van der Waals surface area contributed by atoms with E-state index in [2.05, 4.69) is 6.58 Å². The molecule has 0 bridgehead atoms. The van der Waals surface area contributed by atoms with Crippen molar-refractivity contribution in [3.63, 3.8) is 0 Å². The van der Waals surface area contributed by atoms with Crippen molar-refractivity contribution in [2.45, 2.75) is 0 Å². The van der Waals surface area contributed by atoms with Crippen molar-refractivity contribution in [2.75, 3.05) is 6.61 Å². The van der Waals surface area contributed by atoms with Gasteiger partial charge in [0.15, 0.2) is 0 Å². The first kappa shape index (κ1) is 14.1. The maximum atomic E-state index is 12.2. The van der Waals surface area contributed by atoms with E-state index in [-0.39, 0.29) is 15.8 Å². The normalized spacial score (nSPS) is 10.2. The SMILES string of the molecule is C=CCOc1ccc(C(=O)c2cccs2)c(Cl)c1Cl. The molecule has 98 valence electrons. The van der Waals surface area contributed by atoms with E-state index in [1.54, 1.807) is 24.3 Å². The first-order valence-corrected chi connectivity index (χ1v) is 7.08. The lowest BCUT2D eigenvalue weighted by atomic mass is 10.1. The highest BCUT2D eigenvalue weighted by atomic mass is 35.5. The number of carbonyl (C=O) groups excluding carboxylic acids is 1. The smallest absolute Gasteiger partial charge is 0.204 e. The van der Waals surface area contributed by atoms with Crippen molar-refractivity contribution in [3.05, 3.63) is 62.8 Å². The molecule has 19 heavy (non-hydrogen) atoms. The minimum atomic E-state index is -0.142. The van der Waals surface area contributed by atoms with Crippen LogP contribution >= 0.6 is 34.5 Å². The average Bonchev–Trinajstić information content (AvgIpc) is 2.94. The van der Waals surface area contributed by atoms with Crippen molar-refractivity contribution in [2.24, 2.45) is 0 Å². The summed E-state index contributed by atoms with van der Waals surface area (Å²) in [5.74, 6) is 0.298. The minimum Gasteiger partial charge on any atom is -0.488 e. The largest absolute Gasteiger partial charge is 0.488 e. The monoisotopic (exact) mass is 312 g/mol. The van der Waals surface area contributed by atoms with Crippen LogP contribution in [0.4, 0.5) is 0 Å². The molecule has 0 spiro atoms. The molecule has 2 rings (SSSR count). The van der Waals surface area contributed by atoms with Gasteiger partial charge in [-0.05, 0) is 23.6 Å². The lowest BCUT2D eigenvalue weighted by molar-refractivity contribution is 0.104. The molecule has 0 atom stereocenters. The zero-order valence-corrected chi connectivity index (χ0v) is 12.2. The Balaban J connectivity index is 2.36. The van der Waals surface area contributed by atoms with E-state index >= 15 is 0 Å². The molecule has 0 aliphatic heterocycles. The van der Waals surface area contributed by atoms with Gasteiger partial charge < -0.3 is 4.74 Å². The minimum absolute atomic E-state index is 0.142. The Morgan fingerprint density at radius 2 is 2.11 bits per heavy atom. The van der Waals surface area contributed by atoms with Crippen LogP contribution in [-0.2, 0) is 0 Å². The van der Waals surface area contributed by atoms with Gasteiger partial charge in [-0.15, -0.1) is 11.3 Å². The maximum absolute atomic E-state index is 12.2. The molecule has 0 saturated carbocycles. The third-order valence-corrected chi connectivity index (χ3v) is 4.13. The summed E-state index contributed by atoms with van der Waals surface area (Å²) >= 11 is 13.6. The summed E-state index contributed by atoms with van der Waals surface area (Å²) in [4.78, 5) is 12.8. The zero-order valence-electron chi connectivity index (χ0n) is 9.86. The predicted octanol–water partition coefficient (Wildman–Crippen LogP) is 4.85. The van der Waals surface area contributed by atoms with Gasteiger partial charge in [-0.3, -0.25) is 4.79 Å². The number of ketones is 1. The standard InChI is InChI=1S/C14H10Cl2O2S/c1-2-7-18-10-6-5-9(12(15)13(10)16)14(17)11-4-3-8-19-11/h2-6,8H,1,7H2. The number of halogens is 2. The Kier molecular flexibility index (Phi) is 4.64. The summed E-state index contributed by atoms with van der Waals surface area (Å²) in [6.45, 7) is 3.88. The molecule has 0 aliphatic carbocycles. The Morgan fingerprint density at radius 1 is 1.32 bits per heavy atom. The van der Waals surface area contributed by atoms with Crippen LogP contribution in [0.3, 0.4) is 0 Å². The second-order valence-electron chi connectivity index (χ2n) is 3.65. The van der Waals surface area contributed by atoms with Gasteiger partial charge in [-0.1, -0.05) is 41.9 Å². The topological polar surface area (TPSA) is 26.3 Å². The fraction of sp³-hybridized carbons (Fsp3) is 0.0714. The molecule has 0 amide bonds. The first-order chi connectivity index (χ1) is 9.15. The quantitative estimate of drug-likeness (QED) is 0.582. The highest BCUT2D eigenvalue weighted by molar-refractivity contribution is 7.12. The molecular weight excluding hydrogens is 303 g/mol. The molecule has 0 unspecified atom stereocenters. The maximum Gasteiger partial charge on any atom is 0.204 e. The molecule has 1 aromatic heterocycles. The summed E-state index contributed by atoms with van der Waals surface area (Å²) in [6, 6.07) is 6.82. The molecule has 0 saturated heterocycles. The van der Waals surface area contributed by atoms with Crippen molar-refractivity contribution in [3.8, 4) is 5.75 Å². The van der Waals surface area contributed by atoms with E-state index in [0.717, 1.165) is 0 Å². The van der Waals surface area contributed by atoms with Gasteiger partial charge in [0.2, 0.25) is 5.78 Å². The van der Waals surface area contributed by atoms with E-state index in [0.29, 0.717) is 22.8 Å². The Labute approximate surface area is 125 Å². The van der Waals surface area contributed by atoms with E-state index in [1.165, 1.54) is 11.3 Å². The van der Waals surface area contributed by atoms with Crippen LogP contribution < -0.4 is 4.74 Å². The molecule has 2 nitrogen and oxygen atoms in total. The highest BCUT2D eigenvalue weighted by Crippen LogP contribution is 2.36. The van der Waals surface area contributed by atoms with Crippen LogP contribution in [0, 0.1) is 0 Å². The lowest BCUT2D eigenvalue weighted by Crippen LogP contribution is -2.01. The van der Waals surface area contributed by atoms with Crippen LogP contribution in [-0.4, -0.2) is 12.4 Å². The van der Waals surface area contributed by atoms with Gasteiger partial charge in [-0.25, -0.2) is 0 Å². The second kappa shape index (κ2) is 6.24. The van der Waals surface area contributed by atoms with Crippen molar-refractivity contribution in [1.82, 2.24) is 0 Å². The van der Waals surface area contributed by atoms with Gasteiger partial charge in [0, 0.05) is 5.56 Å². The predicted molar refractivity (Wildman–Crippen MR) is 79.9 cm³/mol. The van der Waals surface area contributed by atoms with E-state index < -0.39 is 0 Å². The first-order valence-electron chi connectivity index (χ1n) is 5.45. The number of hydrogen-bond acceptors (Lipinski definition) is 3. The molecule has 2 aromatic rings. The summed E-state index contributed by atoms with van der Waals surface area (Å²) in [7, 11) is 0. The molecule has 0 fully saturated rings. The Morgan fingerprint density at radius 3 is 2.74 bits per heavy atom. The van der Waals surface area contributed by atoms with Crippen LogP contribution in [0.5, 0.6) is 5.75 Å². The number of ether oxygens (including phenoxy) is 1. The molecule has 5 heteroatoms.